The summed E-state index contributed by atoms with van der Waals surface area (Å²) >= 11 is 1.64. The first-order chi connectivity index (χ1) is 8.11. The maximum absolute atomic E-state index is 11.2. The largest absolute Gasteiger partial charge is 0.394 e. The normalized spacial score (nSPS) is 14.6. The lowest BCUT2D eigenvalue weighted by molar-refractivity contribution is -0.120. The van der Waals surface area contributed by atoms with Crippen LogP contribution in [0.4, 0.5) is 0 Å². The monoisotopic (exact) mass is 264 g/mol. The van der Waals surface area contributed by atoms with Gasteiger partial charge in [0.25, 0.3) is 0 Å². The summed E-state index contributed by atoms with van der Waals surface area (Å²) in [5.41, 5.74) is 0. The number of hydrogen-bond acceptors (Lipinski definition) is 5. The van der Waals surface area contributed by atoms with Gasteiger partial charge in [-0.25, -0.2) is 0 Å². The molecule has 0 aromatic heterocycles. The topological polar surface area (TPSA) is 66.8 Å². The molecular formula is C12H24O4S. The molecule has 1 unspecified atom stereocenters. The molecule has 0 aromatic carbocycles. The van der Waals surface area contributed by atoms with Gasteiger partial charge >= 0.3 is 0 Å². The van der Waals surface area contributed by atoms with Gasteiger partial charge in [0.2, 0.25) is 0 Å². The van der Waals surface area contributed by atoms with Gasteiger partial charge in [-0.2, -0.15) is 11.8 Å². The molecular weight excluding hydrogens is 240 g/mol. The van der Waals surface area contributed by atoms with Gasteiger partial charge in [0.1, 0.15) is 5.78 Å². The summed E-state index contributed by atoms with van der Waals surface area (Å²) < 4.78 is 5.01. The Morgan fingerprint density at radius 1 is 1.47 bits per heavy atom. The zero-order valence-corrected chi connectivity index (χ0v) is 11.5. The van der Waals surface area contributed by atoms with Crippen LogP contribution in [-0.4, -0.2) is 53.4 Å². The molecule has 2 N–H and O–H groups in total. The molecule has 0 aliphatic carbocycles. The lowest BCUT2D eigenvalue weighted by Crippen LogP contribution is -2.19. The zero-order valence-electron chi connectivity index (χ0n) is 10.7. The first-order valence-electron chi connectivity index (χ1n) is 6.06. The number of carbonyl (C=O) groups is 1. The van der Waals surface area contributed by atoms with Crippen molar-refractivity contribution in [1.29, 1.82) is 0 Å². The third-order valence-electron chi connectivity index (χ3n) is 2.53. The number of hydrogen-bond donors (Lipinski definition) is 2. The lowest BCUT2D eigenvalue weighted by Gasteiger charge is -2.12. The van der Waals surface area contributed by atoms with Crippen molar-refractivity contribution in [1.82, 2.24) is 0 Å². The lowest BCUT2D eigenvalue weighted by atomic mass is 10.00. The first kappa shape index (κ1) is 16.9. The van der Waals surface area contributed by atoms with Crippen LogP contribution in [0.25, 0.3) is 0 Å². The molecule has 2 atom stereocenters. The number of aliphatic hydroxyl groups excluding tert-OH is 2. The highest BCUT2D eigenvalue weighted by molar-refractivity contribution is 7.99. The van der Waals surface area contributed by atoms with Gasteiger partial charge in [0.05, 0.1) is 25.9 Å². The Kier molecular flexibility index (Phi) is 11.0. The van der Waals surface area contributed by atoms with Gasteiger partial charge in [-0.05, 0) is 25.5 Å². The Hall–Kier alpha value is -0.100. The van der Waals surface area contributed by atoms with Crippen LogP contribution in [0.5, 0.6) is 0 Å². The summed E-state index contributed by atoms with van der Waals surface area (Å²) in [7, 11) is 0. The van der Waals surface area contributed by atoms with E-state index >= 15 is 0 Å². The van der Waals surface area contributed by atoms with Crippen molar-refractivity contribution in [3.63, 3.8) is 0 Å². The van der Waals surface area contributed by atoms with Gasteiger partial charge in [-0.1, -0.05) is 6.92 Å². The van der Waals surface area contributed by atoms with Gasteiger partial charge in [-0.15, -0.1) is 0 Å². The smallest absolute Gasteiger partial charge is 0.132 e. The van der Waals surface area contributed by atoms with E-state index in [-0.39, 0.29) is 31.5 Å². The van der Waals surface area contributed by atoms with Crippen molar-refractivity contribution in [3.05, 3.63) is 0 Å². The van der Waals surface area contributed by atoms with Crippen molar-refractivity contribution < 1.29 is 19.7 Å². The number of Topliss-reactive ketones (excluding diaryl/α,β-unsaturated/α-hetero) is 1. The van der Waals surface area contributed by atoms with E-state index in [1.165, 1.54) is 0 Å². The highest BCUT2D eigenvalue weighted by atomic mass is 32.2. The average molecular weight is 264 g/mol. The van der Waals surface area contributed by atoms with Crippen molar-refractivity contribution in [3.8, 4) is 0 Å². The first-order valence-corrected chi connectivity index (χ1v) is 7.22. The van der Waals surface area contributed by atoms with E-state index < -0.39 is 6.10 Å². The van der Waals surface area contributed by atoms with Crippen molar-refractivity contribution >= 4 is 17.5 Å². The maximum Gasteiger partial charge on any atom is 0.132 e. The summed E-state index contributed by atoms with van der Waals surface area (Å²) in [6.07, 6.45) is 1.27. The molecule has 0 heterocycles. The number of aliphatic hydroxyl groups is 2. The minimum absolute atomic E-state index is 0.0172. The number of thioether (sulfide) groups is 1. The van der Waals surface area contributed by atoms with Crippen LogP contribution in [0.2, 0.25) is 0 Å². The SMILES string of the molecule is CC[C@@H](CCSCC(O)COCCO)C(C)=O. The Balaban J connectivity index is 3.46. The molecule has 17 heavy (non-hydrogen) atoms. The standard InChI is InChI=1S/C12H24O4S/c1-3-11(10(2)14)4-7-17-9-12(15)8-16-6-5-13/h11-13,15H,3-9H2,1-2H3/t11-,12?/m0/s1. The van der Waals surface area contributed by atoms with Crippen molar-refractivity contribution in [2.24, 2.45) is 5.92 Å². The molecule has 0 spiro atoms. The summed E-state index contributed by atoms with van der Waals surface area (Å²) in [6.45, 7) is 4.17. The fraction of sp³-hybridized carbons (Fsp3) is 0.917. The number of ketones is 1. The van der Waals surface area contributed by atoms with E-state index in [1.807, 2.05) is 6.92 Å². The summed E-state index contributed by atoms with van der Waals surface area (Å²) in [6, 6.07) is 0. The molecule has 5 heteroatoms. The van der Waals surface area contributed by atoms with Crippen LogP contribution >= 0.6 is 11.8 Å². The Bertz CT molecular complexity index is 199. The molecule has 102 valence electrons. The van der Waals surface area contributed by atoms with E-state index in [1.54, 1.807) is 18.7 Å². The Labute approximate surface area is 108 Å². The second-order valence-electron chi connectivity index (χ2n) is 4.03. The molecule has 0 amide bonds. The van der Waals surface area contributed by atoms with Gasteiger partial charge in [0, 0.05) is 11.7 Å². The Morgan fingerprint density at radius 3 is 2.71 bits per heavy atom. The molecule has 0 aliphatic rings. The van der Waals surface area contributed by atoms with Gasteiger partial charge in [-0.3, -0.25) is 4.79 Å². The average Bonchev–Trinajstić information content (AvgIpc) is 2.29. The third kappa shape index (κ3) is 9.59. The highest BCUT2D eigenvalue weighted by Gasteiger charge is 2.11. The summed E-state index contributed by atoms with van der Waals surface area (Å²) in [4.78, 5) is 11.2. The van der Waals surface area contributed by atoms with Gasteiger partial charge in [0.15, 0.2) is 0 Å². The molecule has 0 fully saturated rings. The molecule has 0 saturated carbocycles. The maximum atomic E-state index is 11.2. The molecule has 4 nitrogen and oxygen atoms in total. The van der Waals surface area contributed by atoms with Gasteiger partial charge < -0.3 is 14.9 Å². The van der Waals surface area contributed by atoms with E-state index in [2.05, 4.69) is 0 Å². The number of carbonyl (C=O) groups excluding carboxylic acids is 1. The third-order valence-corrected chi connectivity index (χ3v) is 3.68. The van der Waals surface area contributed by atoms with Crippen LogP contribution in [-0.2, 0) is 9.53 Å². The van der Waals surface area contributed by atoms with Crippen LogP contribution in [0.3, 0.4) is 0 Å². The molecule has 0 rings (SSSR count). The number of rotatable bonds is 11. The van der Waals surface area contributed by atoms with Crippen molar-refractivity contribution in [2.75, 3.05) is 31.3 Å². The summed E-state index contributed by atoms with van der Waals surface area (Å²) in [5, 5.41) is 18.0. The van der Waals surface area contributed by atoms with E-state index in [9.17, 15) is 9.90 Å². The van der Waals surface area contributed by atoms with E-state index in [4.69, 9.17) is 9.84 Å². The molecule has 0 aromatic rings. The fourth-order valence-electron chi connectivity index (χ4n) is 1.47. The van der Waals surface area contributed by atoms with Crippen LogP contribution in [0.1, 0.15) is 26.7 Å². The summed E-state index contributed by atoms with van der Waals surface area (Å²) in [5.74, 6) is 1.90. The fourth-order valence-corrected chi connectivity index (χ4v) is 2.46. The predicted octanol–water partition coefficient (Wildman–Crippen LogP) is 1.09. The Morgan fingerprint density at radius 2 is 2.18 bits per heavy atom. The van der Waals surface area contributed by atoms with Crippen LogP contribution in [0, 0.1) is 5.92 Å². The second-order valence-corrected chi connectivity index (χ2v) is 5.18. The predicted molar refractivity (Wildman–Crippen MR) is 70.3 cm³/mol. The van der Waals surface area contributed by atoms with E-state index in [0.29, 0.717) is 5.75 Å². The van der Waals surface area contributed by atoms with E-state index in [0.717, 1.165) is 18.6 Å². The molecule has 0 aliphatic heterocycles. The van der Waals surface area contributed by atoms with Crippen LogP contribution in [0.15, 0.2) is 0 Å². The zero-order chi connectivity index (χ0) is 13.1. The quantitative estimate of drug-likeness (QED) is 0.547. The molecule has 0 bridgehead atoms. The minimum atomic E-state index is -0.496. The molecule has 0 radical (unpaired) electrons. The van der Waals surface area contributed by atoms with Crippen molar-refractivity contribution in [2.45, 2.75) is 32.8 Å². The van der Waals surface area contributed by atoms with Crippen LogP contribution < -0.4 is 0 Å². The molecule has 0 saturated heterocycles. The second kappa shape index (κ2) is 11.0. The number of ether oxygens (including phenoxy) is 1. The highest BCUT2D eigenvalue weighted by Crippen LogP contribution is 2.14. The minimum Gasteiger partial charge on any atom is -0.394 e.